The van der Waals surface area contributed by atoms with Crippen LogP contribution < -0.4 is 5.32 Å². The first-order valence-electron chi connectivity index (χ1n) is 10.1. The van der Waals surface area contributed by atoms with E-state index in [4.69, 9.17) is 0 Å². The van der Waals surface area contributed by atoms with Gasteiger partial charge in [0, 0.05) is 31.4 Å². The SMILES string of the molecule is CCCCS(=O)(=O)N1CCC(C(=O)Nc2cc(C(F)(F)F)ccc2-n2cccn2)CC1. The minimum atomic E-state index is -4.56. The summed E-state index contributed by atoms with van der Waals surface area (Å²) in [4.78, 5) is 12.8. The molecular formula is C20H25F3N4O3S. The number of sulfonamides is 1. The van der Waals surface area contributed by atoms with Gasteiger partial charge in [-0.3, -0.25) is 4.79 Å². The average Bonchev–Trinajstić information content (AvgIpc) is 3.26. The van der Waals surface area contributed by atoms with Crippen LogP contribution in [0.1, 0.15) is 38.2 Å². The lowest BCUT2D eigenvalue weighted by atomic mass is 9.97. The predicted octanol–water partition coefficient (Wildman–Crippen LogP) is 3.67. The molecule has 31 heavy (non-hydrogen) atoms. The molecule has 1 aliphatic rings. The second-order valence-corrected chi connectivity index (χ2v) is 9.60. The van der Waals surface area contributed by atoms with Gasteiger partial charge in [-0.05, 0) is 43.5 Å². The Morgan fingerprint density at radius 2 is 1.97 bits per heavy atom. The normalized spacial score (nSPS) is 16.4. The first-order chi connectivity index (χ1) is 14.6. The number of amides is 1. The number of aromatic nitrogens is 2. The van der Waals surface area contributed by atoms with Crippen molar-refractivity contribution in [1.82, 2.24) is 14.1 Å². The summed E-state index contributed by atoms with van der Waals surface area (Å²) in [5.74, 6) is -0.839. The predicted molar refractivity (Wildman–Crippen MR) is 110 cm³/mol. The number of hydrogen-bond donors (Lipinski definition) is 1. The smallest absolute Gasteiger partial charge is 0.324 e. The Kier molecular flexibility index (Phi) is 7.05. The summed E-state index contributed by atoms with van der Waals surface area (Å²) >= 11 is 0. The fourth-order valence-electron chi connectivity index (χ4n) is 3.51. The van der Waals surface area contributed by atoms with Crippen molar-refractivity contribution in [2.24, 2.45) is 5.92 Å². The van der Waals surface area contributed by atoms with Crippen LogP contribution in [-0.2, 0) is 21.0 Å². The Hall–Kier alpha value is -2.40. The molecule has 0 radical (unpaired) electrons. The topological polar surface area (TPSA) is 84.3 Å². The maximum absolute atomic E-state index is 13.2. The monoisotopic (exact) mass is 458 g/mol. The van der Waals surface area contributed by atoms with Crippen molar-refractivity contribution in [3.8, 4) is 5.69 Å². The number of carbonyl (C=O) groups is 1. The van der Waals surface area contributed by atoms with Crippen LogP contribution >= 0.6 is 0 Å². The summed E-state index contributed by atoms with van der Waals surface area (Å²) in [6.07, 6.45) is 0.471. The first kappa shape index (κ1) is 23.3. The Morgan fingerprint density at radius 1 is 1.26 bits per heavy atom. The maximum Gasteiger partial charge on any atom is 0.416 e. The summed E-state index contributed by atoms with van der Waals surface area (Å²) in [5, 5.41) is 6.63. The summed E-state index contributed by atoms with van der Waals surface area (Å²) < 4.78 is 67.0. The molecule has 3 rings (SSSR count). The van der Waals surface area contributed by atoms with Gasteiger partial charge in [-0.15, -0.1) is 0 Å². The van der Waals surface area contributed by atoms with E-state index in [0.29, 0.717) is 24.9 Å². The molecule has 2 heterocycles. The highest BCUT2D eigenvalue weighted by atomic mass is 32.2. The zero-order valence-electron chi connectivity index (χ0n) is 17.1. The number of rotatable bonds is 7. The van der Waals surface area contributed by atoms with E-state index in [1.165, 1.54) is 21.3 Å². The number of nitrogens with one attached hydrogen (secondary N) is 1. The fraction of sp³-hybridized carbons (Fsp3) is 0.500. The summed E-state index contributed by atoms with van der Waals surface area (Å²) in [5.41, 5.74) is -0.567. The molecular weight excluding hydrogens is 433 g/mol. The Labute approximate surface area is 179 Å². The molecule has 0 atom stereocenters. The molecule has 0 saturated carbocycles. The maximum atomic E-state index is 13.2. The second kappa shape index (κ2) is 9.39. The summed E-state index contributed by atoms with van der Waals surface area (Å²) in [6, 6.07) is 4.71. The summed E-state index contributed by atoms with van der Waals surface area (Å²) in [7, 11) is -3.35. The lowest BCUT2D eigenvalue weighted by molar-refractivity contribution is -0.137. The van der Waals surface area contributed by atoms with Gasteiger partial charge in [0.15, 0.2) is 0 Å². The highest BCUT2D eigenvalue weighted by Crippen LogP contribution is 2.34. The van der Waals surface area contributed by atoms with Crippen molar-refractivity contribution in [2.75, 3.05) is 24.2 Å². The molecule has 0 bridgehead atoms. The molecule has 1 aromatic heterocycles. The number of nitrogens with zero attached hydrogens (tertiary/aromatic N) is 3. The van der Waals surface area contributed by atoms with E-state index in [-0.39, 0.29) is 24.5 Å². The average molecular weight is 459 g/mol. The molecule has 1 aliphatic heterocycles. The van der Waals surface area contributed by atoms with Gasteiger partial charge in [-0.25, -0.2) is 17.4 Å². The highest BCUT2D eigenvalue weighted by Gasteiger charge is 2.33. The van der Waals surface area contributed by atoms with Gasteiger partial charge in [0.25, 0.3) is 0 Å². The fourth-order valence-corrected chi connectivity index (χ4v) is 5.19. The lowest BCUT2D eigenvalue weighted by Crippen LogP contribution is -2.42. The van der Waals surface area contributed by atoms with E-state index in [9.17, 15) is 26.4 Å². The standard InChI is InChI=1S/C20H25F3N4O3S/c1-2-3-13-31(29,30)26-11-7-15(8-12-26)19(28)25-17-14-16(20(21,22)23)5-6-18(17)27-10-4-9-24-27/h4-6,9-10,14-15H,2-3,7-8,11-13H2,1H3,(H,25,28). The number of piperidine rings is 1. The van der Waals surface area contributed by atoms with Crippen molar-refractivity contribution in [2.45, 2.75) is 38.8 Å². The van der Waals surface area contributed by atoms with Crippen molar-refractivity contribution >= 4 is 21.6 Å². The van der Waals surface area contributed by atoms with Crippen LogP contribution in [0.5, 0.6) is 0 Å². The number of alkyl halides is 3. The van der Waals surface area contributed by atoms with E-state index in [1.807, 2.05) is 6.92 Å². The van der Waals surface area contributed by atoms with Gasteiger partial charge in [0.2, 0.25) is 15.9 Å². The van der Waals surface area contributed by atoms with Crippen LogP contribution in [0.25, 0.3) is 5.69 Å². The van der Waals surface area contributed by atoms with Crippen LogP contribution in [0.4, 0.5) is 18.9 Å². The van der Waals surface area contributed by atoms with E-state index in [2.05, 4.69) is 10.4 Å². The molecule has 0 unspecified atom stereocenters. The van der Waals surface area contributed by atoms with Crippen molar-refractivity contribution in [3.63, 3.8) is 0 Å². The molecule has 1 aromatic carbocycles. The van der Waals surface area contributed by atoms with Crippen LogP contribution in [0.3, 0.4) is 0 Å². The molecule has 1 saturated heterocycles. The van der Waals surface area contributed by atoms with E-state index < -0.39 is 33.6 Å². The molecule has 2 aromatic rings. The molecule has 11 heteroatoms. The molecule has 1 amide bonds. The highest BCUT2D eigenvalue weighted by molar-refractivity contribution is 7.89. The van der Waals surface area contributed by atoms with Gasteiger partial charge in [-0.2, -0.15) is 18.3 Å². The number of unbranched alkanes of at least 4 members (excludes halogenated alkanes) is 1. The third-order valence-corrected chi connectivity index (χ3v) is 7.26. The number of carbonyl (C=O) groups excluding carboxylic acids is 1. The Morgan fingerprint density at radius 3 is 2.55 bits per heavy atom. The summed E-state index contributed by atoms with van der Waals surface area (Å²) in [6.45, 7) is 2.36. The number of anilines is 1. The number of hydrogen-bond acceptors (Lipinski definition) is 4. The van der Waals surface area contributed by atoms with Crippen LogP contribution in [-0.4, -0.2) is 47.3 Å². The lowest BCUT2D eigenvalue weighted by Gasteiger charge is -2.30. The van der Waals surface area contributed by atoms with Crippen LogP contribution in [0, 0.1) is 5.92 Å². The molecule has 0 spiro atoms. The van der Waals surface area contributed by atoms with Crippen LogP contribution in [0.15, 0.2) is 36.7 Å². The van der Waals surface area contributed by atoms with Gasteiger partial charge >= 0.3 is 6.18 Å². The zero-order valence-corrected chi connectivity index (χ0v) is 17.9. The largest absolute Gasteiger partial charge is 0.416 e. The van der Waals surface area contributed by atoms with Gasteiger partial charge in [-0.1, -0.05) is 13.3 Å². The van der Waals surface area contributed by atoms with Gasteiger partial charge < -0.3 is 5.32 Å². The minimum Gasteiger partial charge on any atom is -0.324 e. The van der Waals surface area contributed by atoms with Crippen molar-refractivity contribution in [3.05, 3.63) is 42.2 Å². The Bertz CT molecular complexity index is 999. The number of benzene rings is 1. The first-order valence-corrected chi connectivity index (χ1v) is 11.7. The molecule has 7 nitrogen and oxygen atoms in total. The van der Waals surface area contributed by atoms with Gasteiger partial charge in [0.1, 0.15) is 0 Å². The Balaban J connectivity index is 1.73. The quantitative estimate of drug-likeness (QED) is 0.686. The molecule has 170 valence electrons. The van der Waals surface area contributed by atoms with Gasteiger partial charge in [0.05, 0.1) is 22.7 Å². The third kappa shape index (κ3) is 5.65. The zero-order chi connectivity index (χ0) is 22.6. The minimum absolute atomic E-state index is 0.00141. The van der Waals surface area contributed by atoms with Crippen LogP contribution in [0.2, 0.25) is 0 Å². The molecule has 1 fully saturated rings. The number of halogens is 3. The molecule has 0 aliphatic carbocycles. The van der Waals surface area contributed by atoms with Crippen molar-refractivity contribution < 1.29 is 26.4 Å². The van der Waals surface area contributed by atoms with E-state index in [1.54, 1.807) is 12.3 Å². The second-order valence-electron chi connectivity index (χ2n) is 7.51. The van der Waals surface area contributed by atoms with Crippen molar-refractivity contribution in [1.29, 1.82) is 0 Å². The third-order valence-electron chi connectivity index (χ3n) is 5.31. The molecule has 1 N–H and O–H groups in total. The van der Waals surface area contributed by atoms with E-state index >= 15 is 0 Å². The van der Waals surface area contributed by atoms with E-state index in [0.717, 1.165) is 18.6 Å².